The Balaban J connectivity index is 1.79. The summed E-state index contributed by atoms with van der Waals surface area (Å²) in [4.78, 5) is 14.6. The minimum Gasteiger partial charge on any atom is -0.488 e. The number of hydrogen-bond donors (Lipinski definition) is 2. The molecule has 6 nitrogen and oxygen atoms in total. The van der Waals surface area contributed by atoms with Crippen LogP contribution in [0.2, 0.25) is 0 Å². The van der Waals surface area contributed by atoms with Gasteiger partial charge in [-0.2, -0.15) is 0 Å². The number of rotatable bonds is 6. The number of benzene rings is 2. The van der Waals surface area contributed by atoms with Gasteiger partial charge >= 0.3 is 6.09 Å². The van der Waals surface area contributed by atoms with E-state index in [4.69, 9.17) is 9.47 Å². The molecule has 0 heterocycles. The van der Waals surface area contributed by atoms with Crippen LogP contribution >= 0.6 is 0 Å². The molecule has 1 aliphatic carbocycles. The number of nitrogens with one attached hydrogen (secondary N) is 1. The van der Waals surface area contributed by atoms with Gasteiger partial charge in [0.25, 0.3) is 0 Å². The largest absolute Gasteiger partial charge is 0.488 e. The van der Waals surface area contributed by atoms with Gasteiger partial charge in [0.15, 0.2) is 0 Å². The molecule has 0 aromatic heterocycles. The van der Waals surface area contributed by atoms with Crippen LogP contribution < -0.4 is 10.1 Å². The molecule has 2 aromatic rings. The van der Waals surface area contributed by atoms with Gasteiger partial charge in [-0.25, -0.2) is 9.18 Å². The second-order valence-corrected chi connectivity index (χ2v) is 9.76. The van der Waals surface area contributed by atoms with Crippen LogP contribution in [0.5, 0.6) is 5.75 Å². The summed E-state index contributed by atoms with van der Waals surface area (Å²) in [5, 5.41) is 14.3. The first kappa shape index (κ1) is 25.0. The van der Waals surface area contributed by atoms with Crippen LogP contribution in [0.25, 0.3) is 0 Å². The van der Waals surface area contributed by atoms with Crippen molar-refractivity contribution in [3.63, 3.8) is 0 Å². The molecule has 2 N–H and O–H groups in total. The van der Waals surface area contributed by atoms with Crippen molar-refractivity contribution in [2.45, 2.75) is 77.0 Å². The standard InChI is InChI=1S/C26H35FN2O4/c1-17-8-6-7-9-18(17)16-29(5)23-21(28-25(31)33-26(2,3)4)14-15-22(24(23)30)32-20-12-10-19(27)11-13-20/h6-13,21-24,30H,14-16H2,1-5H3,(H,28,31)/t21-,22-,23+,24+/m1/s1. The minimum absolute atomic E-state index is 0.322. The number of nitrogens with zero attached hydrogens (tertiary/aromatic N) is 1. The van der Waals surface area contributed by atoms with Crippen molar-refractivity contribution in [3.05, 3.63) is 65.5 Å². The Kier molecular flexibility index (Phi) is 7.97. The van der Waals surface area contributed by atoms with Gasteiger partial charge < -0.3 is 19.9 Å². The Morgan fingerprint density at radius 3 is 2.45 bits per heavy atom. The second-order valence-electron chi connectivity index (χ2n) is 9.76. The number of likely N-dealkylation sites (N-methyl/N-ethyl adjacent to an activating group) is 1. The van der Waals surface area contributed by atoms with Crippen LogP contribution in [0, 0.1) is 12.7 Å². The number of aliphatic hydroxyl groups excluding tert-OH is 1. The van der Waals surface area contributed by atoms with Crippen molar-refractivity contribution in [1.82, 2.24) is 10.2 Å². The molecule has 0 radical (unpaired) electrons. The summed E-state index contributed by atoms with van der Waals surface area (Å²) in [6.07, 6.45) is -0.736. The van der Waals surface area contributed by atoms with Gasteiger partial charge in [0, 0.05) is 6.54 Å². The molecule has 2 aromatic carbocycles. The van der Waals surface area contributed by atoms with Crippen LogP contribution in [0.4, 0.5) is 9.18 Å². The molecule has 0 aliphatic heterocycles. The van der Waals surface area contributed by atoms with Gasteiger partial charge in [-0.1, -0.05) is 24.3 Å². The molecule has 1 amide bonds. The van der Waals surface area contributed by atoms with Crippen LogP contribution in [-0.4, -0.2) is 53.0 Å². The van der Waals surface area contributed by atoms with E-state index in [0.717, 1.165) is 11.1 Å². The fraction of sp³-hybridized carbons (Fsp3) is 0.500. The molecule has 7 heteroatoms. The monoisotopic (exact) mass is 458 g/mol. The average molecular weight is 459 g/mol. The first-order valence-electron chi connectivity index (χ1n) is 11.4. The quantitative estimate of drug-likeness (QED) is 0.670. The summed E-state index contributed by atoms with van der Waals surface area (Å²) < 4.78 is 24.8. The zero-order chi connectivity index (χ0) is 24.2. The molecule has 180 valence electrons. The molecule has 0 saturated heterocycles. The fourth-order valence-electron chi connectivity index (χ4n) is 4.31. The van der Waals surface area contributed by atoms with E-state index in [9.17, 15) is 14.3 Å². The number of hydrogen-bond acceptors (Lipinski definition) is 5. The maximum atomic E-state index is 13.3. The lowest BCUT2D eigenvalue weighted by Crippen LogP contribution is -2.63. The van der Waals surface area contributed by atoms with E-state index < -0.39 is 29.9 Å². The number of ether oxygens (including phenoxy) is 2. The van der Waals surface area contributed by atoms with Gasteiger partial charge in [0.2, 0.25) is 0 Å². The molecule has 1 aliphatic rings. The van der Waals surface area contributed by atoms with E-state index in [1.165, 1.54) is 12.1 Å². The SMILES string of the molecule is Cc1ccccc1CN(C)[C@@H]1[C@@H](O)[C@H](Oc2ccc(F)cc2)CC[C@H]1NC(=O)OC(C)(C)C. The van der Waals surface area contributed by atoms with Crippen molar-refractivity contribution in [1.29, 1.82) is 0 Å². The Morgan fingerprint density at radius 1 is 1.15 bits per heavy atom. The summed E-state index contributed by atoms with van der Waals surface area (Å²) in [6, 6.07) is 13.1. The maximum Gasteiger partial charge on any atom is 0.407 e. The lowest BCUT2D eigenvalue weighted by molar-refractivity contribution is -0.0632. The van der Waals surface area contributed by atoms with Crippen LogP contribution in [0.15, 0.2) is 48.5 Å². The first-order valence-corrected chi connectivity index (χ1v) is 11.4. The summed E-state index contributed by atoms with van der Waals surface area (Å²) in [5.74, 6) is 0.156. The van der Waals surface area contributed by atoms with E-state index in [1.54, 1.807) is 12.1 Å². The van der Waals surface area contributed by atoms with Crippen molar-refractivity contribution in [2.24, 2.45) is 0 Å². The molecular weight excluding hydrogens is 423 g/mol. The molecule has 33 heavy (non-hydrogen) atoms. The lowest BCUT2D eigenvalue weighted by Gasteiger charge is -2.44. The average Bonchev–Trinajstić information content (AvgIpc) is 2.72. The van der Waals surface area contributed by atoms with Gasteiger partial charge in [0.05, 0.1) is 12.1 Å². The predicted octanol–water partition coefficient (Wildman–Crippen LogP) is 4.43. The topological polar surface area (TPSA) is 71.0 Å². The van der Waals surface area contributed by atoms with E-state index in [2.05, 4.69) is 29.3 Å². The number of amides is 1. The molecule has 4 atom stereocenters. The second kappa shape index (κ2) is 10.5. The highest BCUT2D eigenvalue weighted by molar-refractivity contribution is 5.68. The summed E-state index contributed by atoms with van der Waals surface area (Å²) in [7, 11) is 1.93. The lowest BCUT2D eigenvalue weighted by atomic mass is 9.84. The molecule has 0 unspecified atom stereocenters. The van der Waals surface area contributed by atoms with Crippen molar-refractivity contribution in [3.8, 4) is 5.75 Å². The summed E-state index contributed by atoms with van der Waals surface area (Å²) in [6.45, 7) is 8.10. The van der Waals surface area contributed by atoms with Crippen molar-refractivity contribution >= 4 is 6.09 Å². The van der Waals surface area contributed by atoms with E-state index >= 15 is 0 Å². The number of carbonyl (C=O) groups is 1. The van der Waals surface area contributed by atoms with E-state index in [1.807, 2.05) is 40.0 Å². The Morgan fingerprint density at radius 2 is 1.82 bits per heavy atom. The molecule has 1 saturated carbocycles. The number of aryl methyl sites for hydroxylation is 1. The van der Waals surface area contributed by atoms with Gasteiger partial charge in [-0.05, 0) is 83.0 Å². The third kappa shape index (κ3) is 6.92. The third-order valence-corrected chi connectivity index (χ3v) is 5.90. The smallest absolute Gasteiger partial charge is 0.407 e. The highest BCUT2D eigenvalue weighted by Gasteiger charge is 2.43. The van der Waals surface area contributed by atoms with E-state index in [-0.39, 0.29) is 11.9 Å². The zero-order valence-corrected chi connectivity index (χ0v) is 20.0. The third-order valence-electron chi connectivity index (χ3n) is 5.90. The van der Waals surface area contributed by atoms with Crippen molar-refractivity contribution in [2.75, 3.05) is 7.05 Å². The van der Waals surface area contributed by atoms with Gasteiger partial charge in [-0.3, -0.25) is 4.90 Å². The molecular formula is C26H35FN2O4. The van der Waals surface area contributed by atoms with Crippen molar-refractivity contribution < 1.29 is 23.8 Å². The summed E-state index contributed by atoms with van der Waals surface area (Å²) in [5.41, 5.74) is 1.68. The number of aliphatic hydroxyl groups is 1. The highest BCUT2D eigenvalue weighted by atomic mass is 19.1. The van der Waals surface area contributed by atoms with Crippen LogP contribution in [0.3, 0.4) is 0 Å². The molecule has 0 bridgehead atoms. The Labute approximate surface area is 195 Å². The molecule has 1 fully saturated rings. The van der Waals surface area contributed by atoms with Gasteiger partial charge in [-0.15, -0.1) is 0 Å². The van der Waals surface area contributed by atoms with Crippen LogP contribution in [0.1, 0.15) is 44.7 Å². The zero-order valence-electron chi connectivity index (χ0n) is 20.0. The maximum absolute atomic E-state index is 13.3. The fourth-order valence-corrected chi connectivity index (χ4v) is 4.31. The highest BCUT2D eigenvalue weighted by Crippen LogP contribution is 2.29. The Bertz CT molecular complexity index is 929. The molecule has 3 rings (SSSR count). The van der Waals surface area contributed by atoms with E-state index in [0.29, 0.717) is 25.1 Å². The first-order chi connectivity index (χ1) is 15.5. The van der Waals surface area contributed by atoms with Gasteiger partial charge in [0.1, 0.15) is 29.4 Å². The number of alkyl carbamates (subject to hydrolysis) is 1. The summed E-state index contributed by atoms with van der Waals surface area (Å²) >= 11 is 0. The van der Waals surface area contributed by atoms with Crippen LogP contribution in [-0.2, 0) is 11.3 Å². The minimum atomic E-state index is -0.877. The number of carbonyl (C=O) groups excluding carboxylic acids is 1. The number of halogens is 1. The predicted molar refractivity (Wildman–Crippen MR) is 126 cm³/mol. The Hall–Kier alpha value is -2.64. The normalized spacial score (nSPS) is 23.3. The molecule has 0 spiro atoms.